The van der Waals surface area contributed by atoms with Crippen molar-refractivity contribution in [2.24, 2.45) is 5.92 Å². The van der Waals surface area contributed by atoms with Gasteiger partial charge in [-0.1, -0.05) is 31.5 Å². The molecule has 0 radical (unpaired) electrons. The van der Waals surface area contributed by atoms with Crippen molar-refractivity contribution in [3.05, 3.63) is 30.3 Å². The van der Waals surface area contributed by atoms with Crippen LogP contribution >= 0.6 is 0 Å². The molecule has 0 saturated carbocycles. The quantitative estimate of drug-likeness (QED) is 0.724. The molecule has 1 saturated heterocycles. The maximum Gasteiger partial charge on any atom is 0.329 e. The summed E-state index contributed by atoms with van der Waals surface area (Å²) in [7, 11) is 0. The summed E-state index contributed by atoms with van der Waals surface area (Å²) in [6.07, 6.45) is 2.08. The summed E-state index contributed by atoms with van der Waals surface area (Å²) in [4.78, 5) is 37.9. The number of aliphatic carboxylic acids is 1. The number of hydrogen-bond donors (Lipinski definition) is 2. The number of piperidine rings is 1. The predicted octanol–water partition coefficient (Wildman–Crippen LogP) is 2.06. The van der Waals surface area contributed by atoms with Crippen LogP contribution in [-0.4, -0.2) is 53.0 Å². The number of hydrogen-bond acceptors (Lipinski definition) is 4. The van der Waals surface area contributed by atoms with Crippen molar-refractivity contribution in [1.29, 1.82) is 0 Å². The fraction of sp³-hybridized carbons (Fsp3) is 0.550. The fourth-order valence-electron chi connectivity index (χ4n) is 3.24. The first-order valence-electron chi connectivity index (χ1n) is 9.36. The molecule has 1 fully saturated rings. The van der Waals surface area contributed by atoms with E-state index < -0.39 is 11.5 Å². The number of amides is 2. The Balaban J connectivity index is 1.81. The van der Waals surface area contributed by atoms with Crippen LogP contribution in [0.3, 0.4) is 0 Å². The maximum atomic E-state index is 12.5. The number of carbonyl (C=O) groups excluding carboxylic acids is 2. The third kappa shape index (κ3) is 5.70. The maximum absolute atomic E-state index is 12.5. The van der Waals surface area contributed by atoms with E-state index in [1.54, 1.807) is 17.0 Å². The number of carboxylic acid groups (broad SMARTS) is 1. The van der Waals surface area contributed by atoms with E-state index in [1.165, 1.54) is 6.92 Å². The summed E-state index contributed by atoms with van der Waals surface area (Å²) in [6.45, 7) is 4.32. The molecule has 1 heterocycles. The van der Waals surface area contributed by atoms with E-state index in [0.29, 0.717) is 44.5 Å². The number of benzene rings is 1. The molecule has 1 aromatic rings. The van der Waals surface area contributed by atoms with Crippen LogP contribution in [0.25, 0.3) is 0 Å². The van der Waals surface area contributed by atoms with Crippen LogP contribution in [0.1, 0.15) is 39.5 Å². The van der Waals surface area contributed by atoms with Crippen LogP contribution in [0.4, 0.5) is 0 Å². The molecule has 0 bridgehead atoms. The van der Waals surface area contributed by atoms with Gasteiger partial charge < -0.3 is 20.1 Å². The first kappa shape index (κ1) is 20.7. The van der Waals surface area contributed by atoms with Gasteiger partial charge in [-0.3, -0.25) is 9.59 Å². The lowest BCUT2D eigenvalue weighted by atomic mass is 9.91. The molecule has 1 aromatic carbocycles. The average Bonchev–Trinajstić information content (AvgIpc) is 2.67. The van der Waals surface area contributed by atoms with Crippen molar-refractivity contribution in [2.75, 3.05) is 19.7 Å². The van der Waals surface area contributed by atoms with Gasteiger partial charge >= 0.3 is 5.97 Å². The molecule has 1 atom stereocenters. The van der Waals surface area contributed by atoms with Gasteiger partial charge in [-0.15, -0.1) is 0 Å². The Bertz CT molecular complexity index is 656. The Morgan fingerprint density at radius 3 is 2.41 bits per heavy atom. The van der Waals surface area contributed by atoms with Gasteiger partial charge in [0, 0.05) is 19.0 Å². The predicted molar refractivity (Wildman–Crippen MR) is 100 cm³/mol. The van der Waals surface area contributed by atoms with Gasteiger partial charge in [0.1, 0.15) is 11.3 Å². The lowest BCUT2D eigenvalue weighted by Crippen LogP contribution is -2.55. The lowest BCUT2D eigenvalue weighted by Gasteiger charge is -2.33. The van der Waals surface area contributed by atoms with Gasteiger partial charge in [0.2, 0.25) is 5.91 Å². The number of likely N-dealkylation sites (tertiary alicyclic amines) is 1. The zero-order valence-corrected chi connectivity index (χ0v) is 15.9. The second-order valence-corrected chi connectivity index (χ2v) is 7.13. The van der Waals surface area contributed by atoms with E-state index in [0.717, 1.165) is 0 Å². The van der Waals surface area contributed by atoms with Crippen LogP contribution in [0.5, 0.6) is 5.75 Å². The molecule has 0 aromatic heterocycles. The van der Waals surface area contributed by atoms with Crippen LogP contribution in [0.15, 0.2) is 30.3 Å². The highest BCUT2D eigenvalue weighted by Crippen LogP contribution is 2.21. The number of para-hydroxylation sites is 1. The second kappa shape index (κ2) is 9.39. The standard InChI is InChI=1S/C20H28N2O5/c1-3-11-20(2,19(25)26)21-18(24)15-9-12-22(13-10-15)17(23)14-27-16-7-5-4-6-8-16/h4-8,15H,3,9-14H2,1-2H3,(H,21,24)(H,25,26). The van der Waals surface area contributed by atoms with Crippen LogP contribution in [0.2, 0.25) is 0 Å². The Kier molecular flexibility index (Phi) is 7.21. The monoisotopic (exact) mass is 376 g/mol. The third-order valence-corrected chi connectivity index (χ3v) is 4.95. The van der Waals surface area contributed by atoms with Gasteiger partial charge in [0.25, 0.3) is 5.91 Å². The molecule has 2 rings (SSSR count). The summed E-state index contributed by atoms with van der Waals surface area (Å²) >= 11 is 0. The highest BCUT2D eigenvalue weighted by molar-refractivity contribution is 5.88. The molecule has 1 aliphatic heterocycles. The SMILES string of the molecule is CCCC(C)(NC(=O)C1CCN(C(=O)COc2ccccc2)CC1)C(=O)O. The highest BCUT2D eigenvalue weighted by Gasteiger charge is 2.37. The number of nitrogens with zero attached hydrogens (tertiary/aromatic N) is 1. The minimum atomic E-state index is -1.25. The van der Waals surface area contributed by atoms with Gasteiger partial charge in [-0.2, -0.15) is 0 Å². The highest BCUT2D eigenvalue weighted by atomic mass is 16.5. The molecule has 0 spiro atoms. The first-order chi connectivity index (χ1) is 12.9. The topological polar surface area (TPSA) is 95.9 Å². The zero-order chi connectivity index (χ0) is 19.9. The van der Waals surface area contributed by atoms with Crippen LogP contribution < -0.4 is 10.1 Å². The number of carboxylic acids is 1. The van der Waals surface area contributed by atoms with Crippen molar-refractivity contribution < 1.29 is 24.2 Å². The molecule has 148 valence electrons. The Hall–Kier alpha value is -2.57. The van der Waals surface area contributed by atoms with E-state index in [9.17, 15) is 19.5 Å². The van der Waals surface area contributed by atoms with Crippen molar-refractivity contribution in [3.8, 4) is 5.75 Å². The average molecular weight is 376 g/mol. The molecule has 2 amide bonds. The van der Waals surface area contributed by atoms with Crippen molar-refractivity contribution in [3.63, 3.8) is 0 Å². The fourth-order valence-corrected chi connectivity index (χ4v) is 3.24. The number of rotatable bonds is 8. The zero-order valence-electron chi connectivity index (χ0n) is 15.9. The van der Waals surface area contributed by atoms with Gasteiger partial charge in [-0.05, 0) is 38.3 Å². The molecule has 1 unspecified atom stereocenters. The Labute approximate surface area is 159 Å². The molecule has 7 nitrogen and oxygen atoms in total. The van der Waals surface area contributed by atoms with Gasteiger partial charge in [-0.25, -0.2) is 4.79 Å². The molecule has 0 aliphatic carbocycles. The van der Waals surface area contributed by atoms with E-state index in [4.69, 9.17) is 4.74 Å². The smallest absolute Gasteiger partial charge is 0.329 e. The van der Waals surface area contributed by atoms with Gasteiger partial charge in [0.15, 0.2) is 6.61 Å². The van der Waals surface area contributed by atoms with E-state index in [2.05, 4.69) is 5.32 Å². The number of carbonyl (C=O) groups is 3. The summed E-state index contributed by atoms with van der Waals surface area (Å²) in [5, 5.41) is 12.1. The normalized spacial score (nSPS) is 17.0. The van der Waals surface area contributed by atoms with E-state index >= 15 is 0 Å². The summed E-state index contributed by atoms with van der Waals surface area (Å²) in [6, 6.07) is 9.14. The second-order valence-electron chi connectivity index (χ2n) is 7.13. The van der Waals surface area contributed by atoms with Crippen molar-refractivity contribution in [1.82, 2.24) is 10.2 Å². The number of ether oxygens (including phenoxy) is 1. The largest absolute Gasteiger partial charge is 0.484 e. The van der Waals surface area contributed by atoms with Crippen molar-refractivity contribution in [2.45, 2.75) is 45.1 Å². The Morgan fingerprint density at radius 2 is 1.85 bits per heavy atom. The Morgan fingerprint density at radius 1 is 1.22 bits per heavy atom. The summed E-state index contributed by atoms with van der Waals surface area (Å²) < 4.78 is 5.48. The minimum Gasteiger partial charge on any atom is -0.484 e. The van der Waals surface area contributed by atoms with Crippen molar-refractivity contribution >= 4 is 17.8 Å². The summed E-state index contributed by atoms with van der Waals surface area (Å²) in [5.74, 6) is -1.02. The molecule has 2 N–H and O–H groups in total. The molecular weight excluding hydrogens is 348 g/mol. The van der Waals surface area contributed by atoms with Crippen LogP contribution in [0, 0.1) is 5.92 Å². The lowest BCUT2D eigenvalue weighted by molar-refractivity contribution is -0.148. The molecule has 27 heavy (non-hydrogen) atoms. The van der Waals surface area contributed by atoms with E-state index in [1.807, 2.05) is 25.1 Å². The number of nitrogens with one attached hydrogen (secondary N) is 1. The summed E-state index contributed by atoms with van der Waals surface area (Å²) in [5.41, 5.74) is -1.25. The molecule has 1 aliphatic rings. The molecular formula is C20H28N2O5. The van der Waals surface area contributed by atoms with E-state index in [-0.39, 0.29) is 24.3 Å². The molecule has 7 heteroatoms. The van der Waals surface area contributed by atoms with Crippen LogP contribution in [-0.2, 0) is 14.4 Å². The third-order valence-electron chi connectivity index (χ3n) is 4.95. The van der Waals surface area contributed by atoms with Gasteiger partial charge in [0.05, 0.1) is 0 Å². The first-order valence-corrected chi connectivity index (χ1v) is 9.36. The minimum absolute atomic E-state index is 0.0333.